The maximum Gasteiger partial charge on any atom is 0.234 e. The Hall–Kier alpha value is -1.13. The molecular weight excluding hydrogens is 257 g/mol. The first-order chi connectivity index (χ1) is 8.61. The number of carbonyl (C=O) groups is 1. The largest absolute Gasteiger partial charge is 0.396 e. The summed E-state index contributed by atoms with van der Waals surface area (Å²) in [5.74, 6) is -0.430. The van der Waals surface area contributed by atoms with Crippen molar-refractivity contribution < 1.29 is 14.3 Å². The van der Waals surface area contributed by atoms with Crippen molar-refractivity contribution >= 4 is 17.5 Å². The summed E-state index contributed by atoms with van der Waals surface area (Å²) >= 11 is 5.40. The maximum atomic E-state index is 12.8. The van der Waals surface area contributed by atoms with Crippen LogP contribution in [0.25, 0.3) is 0 Å². The SMILES string of the molecule is O=C(CCl)NCC1(CO)CC1c1ccc(F)cc1. The van der Waals surface area contributed by atoms with Crippen LogP contribution in [0.15, 0.2) is 24.3 Å². The molecule has 2 rings (SSSR count). The Bertz CT molecular complexity index is 437. The van der Waals surface area contributed by atoms with E-state index in [0.29, 0.717) is 6.54 Å². The van der Waals surface area contributed by atoms with E-state index >= 15 is 0 Å². The Balaban J connectivity index is 2.00. The number of hydrogen-bond donors (Lipinski definition) is 2. The highest BCUT2D eigenvalue weighted by Gasteiger charge is 2.54. The van der Waals surface area contributed by atoms with Gasteiger partial charge in [0.15, 0.2) is 0 Å². The van der Waals surface area contributed by atoms with E-state index < -0.39 is 0 Å². The topological polar surface area (TPSA) is 49.3 Å². The van der Waals surface area contributed by atoms with Gasteiger partial charge in [-0.15, -0.1) is 11.6 Å². The Morgan fingerprint density at radius 1 is 1.50 bits per heavy atom. The minimum absolute atomic E-state index is 0.00237. The molecule has 1 aliphatic rings. The molecule has 18 heavy (non-hydrogen) atoms. The summed E-state index contributed by atoms with van der Waals surface area (Å²) in [7, 11) is 0. The van der Waals surface area contributed by atoms with Gasteiger partial charge in [-0.2, -0.15) is 0 Å². The fraction of sp³-hybridized carbons (Fsp3) is 0.462. The summed E-state index contributed by atoms with van der Waals surface area (Å²) in [5, 5.41) is 12.2. The minimum Gasteiger partial charge on any atom is -0.396 e. The van der Waals surface area contributed by atoms with Crippen LogP contribution in [0.2, 0.25) is 0 Å². The number of aliphatic hydroxyl groups is 1. The molecule has 0 spiro atoms. The van der Waals surface area contributed by atoms with Crippen molar-refractivity contribution in [3.63, 3.8) is 0 Å². The second-order valence-electron chi connectivity index (χ2n) is 4.74. The van der Waals surface area contributed by atoms with Gasteiger partial charge in [0.05, 0.1) is 6.61 Å². The molecule has 0 aromatic heterocycles. The van der Waals surface area contributed by atoms with Gasteiger partial charge in [0, 0.05) is 12.0 Å². The van der Waals surface area contributed by atoms with Gasteiger partial charge in [0.25, 0.3) is 0 Å². The van der Waals surface area contributed by atoms with Gasteiger partial charge in [-0.25, -0.2) is 4.39 Å². The number of amides is 1. The Morgan fingerprint density at radius 2 is 2.17 bits per heavy atom. The van der Waals surface area contributed by atoms with Gasteiger partial charge in [0.1, 0.15) is 11.7 Å². The number of aliphatic hydroxyl groups excluding tert-OH is 1. The quantitative estimate of drug-likeness (QED) is 0.800. The summed E-state index contributed by atoms with van der Waals surface area (Å²) in [4.78, 5) is 11.1. The lowest BCUT2D eigenvalue weighted by Gasteiger charge is -2.15. The van der Waals surface area contributed by atoms with Crippen molar-refractivity contribution in [3.8, 4) is 0 Å². The molecule has 1 saturated carbocycles. The summed E-state index contributed by atoms with van der Waals surface area (Å²) in [6.45, 7) is 0.398. The summed E-state index contributed by atoms with van der Waals surface area (Å²) in [6, 6.07) is 6.27. The van der Waals surface area contributed by atoms with E-state index in [9.17, 15) is 14.3 Å². The van der Waals surface area contributed by atoms with Crippen LogP contribution in [-0.4, -0.2) is 30.0 Å². The highest BCUT2D eigenvalue weighted by atomic mass is 35.5. The summed E-state index contributed by atoms with van der Waals surface area (Å²) in [5.41, 5.74) is 0.671. The molecule has 0 bridgehead atoms. The standard InChI is InChI=1S/C13H15ClFNO2/c14-6-12(18)16-7-13(8-17)5-11(13)9-1-3-10(15)4-2-9/h1-4,11,17H,5-8H2,(H,16,18). The van der Waals surface area contributed by atoms with Crippen molar-refractivity contribution in [2.45, 2.75) is 12.3 Å². The first-order valence-corrected chi connectivity index (χ1v) is 6.34. The zero-order chi connectivity index (χ0) is 13.2. The van der Waals surface area contributed by atoms with Crippen LogP contribution in [0.4, 0.5) is 4.39 Å². The van der Waals surface area contributed by atoms with Gasteiger partial charge in [-0.05, 0) is 30.0 Å². The van der Waals surface area contributed by atoms with Crippen molar-refractivity contribution in [1.82, 2.24) is 5.32 Å². The molecule has 3 nitrogen and oxygen atoms in total. The van der Waals surface area contributed by atoms with E-state index in [1.54, 1.807) is 12.1 Å². The molecule has 1 aromatic carbocycles. The van der Waals surface area contributed by atoms with Gasteiger partial charge >= 0.3 is 0 Å². The third-order valence-electron chi connectivity index (χ3n) is 3.54. The number of alkyl halides is 1. The van der Waals surface area contributed by atoms with Gasteiger partial charge < -0.3 is 10.4 Å². The first kappa shape index (κ1) is 13.3. The predicted molar refractivity (Wildman–Crippen MR) is 67.0 cm³/mol. The number of benzene rings is 1. The maximum absolute atomic E-state index is 12.8. The van der Waals surface area contributed by atoms with Gasteiger partial charge in [-0.3, -0.25) is 4.79 Å². The smallest absolute Gasteiger partial charge is 0.234 e. The second-order valence-corrected chi connectivity index (χ2v) is 5.01. The number of rotatable bonds is 5. The zero-order valence-corrected chi connectivity index (χ0v) is 10.6. The van der Waals surface area contributed by atoms with Crippen LogP contribution < -0.4 is 5.32 Å². The lowest BCUT2D eigenvalue weighted by atomic mass is 10.00. The molecule has 0 radical (unpaired) electrons. The van der Waals surface area contributed by atoms with E-state index in [0.717, 1.165) is 12.0 Å². The average molecular weight is 272 g/mol. The normalized spacial score (nSPS) is 25.8. The molecule has 1 aromatic rings. The number of halogens is 2. The molecule has 1 aliphatic carbocycles. The Kier molecular flexibility index (Phi) is 3.88. The van der Waals surface area contributed by atoms with E-state index in [-0.39, 0.29) is 35.5 Å². The molecule has 0 saturated heterocycles. The minimum atomic E-state index is -0.320. The fourth-order valence-electron chi connectivity index (χ4n) is 2.26. The summed E-state index contributed by atoms with van der Waals surface area (Å²) < 4.78 is 12.8. The molecule has 1 amide bonds. The lowest BCUT2D eigenvalue weighted by molar-refractivity contribution is -0.119. The molecule has 98 valence electrons. The molecular formula is C13H15ClFNO2. The van der Waals surface area contributed by atoms with Crippen LogP contribution in [0.5, 0.6) is 0 Å². The van der Waals surface area contributed by atoms with Gasteiger partial charge in [0.2, 0.25) is 5.91 Å². The highest BCUT2D eigenvalue weighted by Crippen LogP contribution is 2.58. The second kappa shape index (κ2) is 5.24. The average Bonchev–Trinajstić information content (AvgIpc) is 3.12. The zero-order valence-electron chi connectivity index (χ0n) is 9.83. The van der Waals surface area contributed by atoms with Crippen LogP contribution in [0, 0.1) is 11.2 Å². The monoisotopic (exact) mass is 271 g/mol. The number of hydrogen-bond acceptors (Lipinski definition) is 2. The molecule has 2 unspecified atom stereocenters. The first-order valence-electron chi connectivity index (χ1n) is 5.80. The number of nitrogens with one attached hydrogen (secondary N) is 1. The molecule has 2 atom stereocenters. The fourth-order valence-corrected chi connectivity index (χ4v) is 2.36. The molecule has 2 N–H and O–H groups in total. The van der Waals surface area contributed by atoms with Crippen LogP contribution >= 0.6 is 11.6 Å². The van der Waals surface area contributed by atoms with Gasteiger partial charge in [-0.1, -0.05) is 12.1 Å². The van der Waals surface area contributed by atoms with E-state index in [1.165, 1.54) is 12.1 Å². The number of carbonyl (C=O) groups excluding carboxylic acids is 1. The molecule has 1 fully saturated rings. The highest BCUT2D eigenvalue weighted by molar-refractivity contribution is 6.27. The lowest BCUT2D eigenvalue weighted by Crippen LogP contribution is -2.33. The van der Waals surface area contributed by atoms with Crippen LogP contribution in [0.3, 0.4) is 0 Å². The van der Waals surface area contributed by atoms with Crippen LogP contribution in [0.1, 0.15) is 17.9 Å². The predicted octanol–water partition coefficient (Wildman–Crippen LogP) is 1.65. The Morgan fingerprint density at radius 3 is 2.72 bits per heavy atom. The molecule has 5 heteroatoms. The molecule has 0 aliphatic heterocycles. The Labute approximate surface area is 110 Å². The third kappa shape index (κ3) is 2.65. The van der Waals surface area contributed by atoms with Crippen molar-refractivity contribution in [3.05, 3.63) is 35.6 Å². The van der Waals surface area contributed by atoms with Crippen molar-refractivity contribution in [2.75, 3.05) is 19.0 Å². The van der Waals surface area contributed by atoms with E-state index in [1.807, 2.05) is 0 Å². The van der Waals surface area contributed by atoms with E-state index in [4.69, 9.17) is 11.6 Å². The van der Waals surface area contributed by atoms with E-state index in [2.05, 4.69) is 5.32 Å². The molecule has 0 heterocycles. The van der Waals surface area contributed by atoms with Crippen LogP contribution in [-0.2, 0) is 4.79 Å². The third-order valence-corrected chi connectivity index (χ3v) is 3.78. The summed E-state index contributed by atoms with van der Waals surface area (Å²) in [6.07, 6.45) is 0.789. The van der Waals surface area contributed by atoms with Crippen molar-refractivity contribution in [2.24, 2.45) is 5.41 Å². The van der Waals surface area contributed by atoms with Crippen molar-refractivity contribution in [1.29, 1.82) is 0 Å².